The van der Waals surface area contributed by atoms with Gasteiger partial charge >= 0.3 is 0 Å². The Kier molecular flexibility index (Phi) is 6.64. The quantitative estimate of drug-likeness (QED) is 0.568. The molecule has 1 aromatic carbocycles. The van der Waals surface area contributed by atoms with Gasteiger partial charge in [0.1, 0.15) is 5.69 Å². The molecule has 8 heteroatoms. The molecular formula is C20H26N4O3S. The summed E-state index contributed by atoms with van der Waals surface area (Å²) in [5.41, 5.74) is 1.97. The zero-order valence-electron chi connectivity index (χ0n) is 16.2. The molecule has 28 heavy (non-hydrogen) atoms. The molecule has 1 amide bonds. The van der Waals surface area contributed by atoms with Crippen molar-refractivity contribution < 1.29 is 9.72 Å². The van der Waals surface area contributed by atoms with Crippen molar-refractivity contribution in [1.29, 1.82) is 0 Å². The standard InChI is InChI=1S/C20H26N4O3S/c1-22(2)19(16-9-12-28-14-16)13-21-20(25)15-7-10-23(11-8-15)17-5-3-4-6-18(17)24(26)27/h3-6,9,12,14-15,19H,7-8,10-11,13H2,1-2H3,(H,21,25). The zero-order valence-corrected chi connectivity index (χ0v) is 17.0. The highest BCUT2D eigenvalue weighted by molar-refractivity contribution is 7.07. The van der Waals surface area contributed by atoms with Crippen LogP contribution in [0.3, 0.4) is 0 Å². The van der Waals surface area contributed by atoms with Gasteiger partial charge in [0.25, 0.3) is 5.69 Å². The minimum atomic E-state index is -0.347. The number of likely N-dealkylation sites (N-methyl/N-ethyl adjacent to an activating group) is 1. The van der Waals surface area contributed by atoms with Crippen molar-refractivity contribution in [2.45, 2.75) is 18.9 Å². The number of nitro benzene ring substituents is 1. The smallest absolute Gasteiger partial charge is 0.292 e. The van der Waals surface area contributed by atoms with E-state index in [1.54, 1.807) is 23.5 Å². The Morgan fingerprint density at radius 1 is 1.32 bits per heavy atom. The van der Waals surface area contributed by atoms with Crippen LogP contribution in [0.4, 0.5) is 11.4 Å². The number of nitrogens with zero attached hydrogens (tertiary/aromatic N) is 3. The highest BCUT2D eigenvalue weighted by Gasteiger charge is 2.28. The maximum atomic E-state index is 12.7. The third-order valence-electron chi connectivity index (χ3n) is 5.31. The predicted octanol–water partition coefficient (Wildman–Crippen LogP) is 3.29. The van der Waals surface area contributed by atoms with E-state index in [-0.39, 0.29) is 28.5 Å². The maximum Gasteiger partial charge on any atom is 0.292 e. The molecule has 0 saturated carbocycles. The molecule has 1 aliphatic heterocycles. The molecule has 150 valence electrons. The summed E-state index contributed by atoms with van der Waals surface area (Å²) in [5, 5.41) is 18.5. The van der Waals surface area contributed by atoms with Crippen molar-refractivity contribution in [3.8, 4) is 0 Å². The van der Waals surface area contributed by atoms with Crippen molar-refractivity contribution in [1.82, 2.24) is 10.2 Å². The third kappa shape index (κ3) is 4.69. The molecular weight excluding hydrogens is 376 g/mol. The van der Waals surface area contributed by atoms with Crippen LogP contribution in [0.1, 0.15) is 24.4 Å². The molecule has 1 fully saturated rings. The van der Waals surface area contributed by atoms with Gasteiger partial charge in [-0.05, 0) is 55.4 Å². The van der Waals surface area contributed by atoms with Gasteiger partial charge in [0.05, 0.1) is 11.0 Å². The first-order chi connectivity index (χ1) is 13.5. The molecule has 7 nitrogen and oxygen atoms in total. The van der Waals surface area contributed by atoms with Crippen molar-refractivity contribution in [2.75, 3.05) is 38.6 Å². The van der Waals surface area contributed by atoms with E-state index in [1.807, 2.05) is 30.4 Å². The van der Waals surface area contributed by atoms with E-state index in [2.05, 4.69) is 21.7 Å². The SMILES string of the molecule is CN(C)C(CNC(=O)C1CCN(c2ccccc2[N+](=O)[O-])CC1)c1ccsc1. The number of thiophene rings is 1. The van der Waals surface area contributed by atoms with Crippen LogP contribution in [-0.2, 0) is 4.79 Å². The number of carbonyl (C=O) groups excluding carboxylic acids is 1. The van der Waals surface area contributed by atoms with Crippen LogP contribution < -0.4 is 10.2 Å². The molecule has 0 aliphatic carbocycles. The Labute approximate surface area is 169 Å². The second kappa shape index (κ2) is 9.16. The Morgan fingerprint density at radius 2 is 2.04 bits per heavy atom. The second-order valence-electron chi connectivity index (χ2n) is 7.29. The van der Waals surface area contributed by atoms with Crippen LogP contribution in [0.2, 0.25) is 0 Å². The lowest BCUT2D eigenvalue weighted by Crippen LogP contribution is -2.42. The number of para-hydroxylation sites is 2. The Balaban J connectivity index is 1.55. The molecule has 2 aromatic rings. The van der Waals surface area contributed by atoms with E-state index in [9.17, 15) is 14.9 Å². The summed E-state index contributed by atoms with van der Waals surface area (Å²) in [5.74, 6) is 0.0218. The van der Waals surface area contributed by atoms with E-state index in [0.29, 0.717) is 38.2 Å². The largest absolute Gasteiger partial charge is 0.366 e. The van der Waals surface area contributed by atoms with Crippen LogP contribution in [-0.4, -0.2) is 49.5 Å². The molecule has 2 heterocycles. The van der Waals surface area contributed by atoms with E-state index in [4.69, 9.17) is 0 Å². The lowest BCUT2D eigenvalue weighted by Gasteiger charge is -2.33. The highest BCUT2D eigenvalue weighted by Crippen LogP contribution is 2.31. The molecule has 0 spiro atoms. The molecule has 1 saturated heterocycles. The number of piperidine rings is 1. The number of nitro groups is 1. The second-order valence-corrected chi connectivity index (χ2v) is 8.07. The first-order valence-corrected chi connectivity index (χ1v) is 10.4. The van der Waals surface area contributed by atoms with Crippen LogP contribution in [0.15, 0.2) is 41.1 Å². The summed E-state index contributed by atoms with van der Waals surface area (Å²) in [4.78, 5) is 27.7. The number of carbonyl (C=O) groups is 1. The fraction of sp³-hybridized carbons (Fsp3) is 0.450. The monoisotopic (exact) mass is 402 g/mol. The molecule has 1 unspecified atom stereocenters. The number of benzene rings is 1. The average Bonchev–Trinajstić information content (AvgIpc) is 3.22. The summed E-state index contributed by atoms with van der Waals surface area (Å²) in [7, 11) is 4.03. The van der Waals surface area contributed by atoms with Crippen molar-refractivity contribution in [2.24, 2.45) is 5.92 Å². The topological polar surface area (TPSA) is 78.7 Å². The Hall–Kier alpha value is -2.45. The predicted molar refractivity (Wildman–Crippen MR) is 112 cm³/mol. The molecule has 1 N–H and O–H groups in total. The summed E-state index contributed by atoms with van der Waals surface area (Å²) in [6, 6.07) is 9.04. The normalized spacial score (nSPS) is 16.2. The number of hydrogen-bond donors (Lipinski definition) is 1. The minimum Gasteiger partial charge on any atom is -0.366 e. The van der Waals surface area contributed by atoms with Crippen LogP contribution >= 0.6 is 11.3 Å². The van der Waals surface area contributed by atoms with Crippen molar-refractivity contribution in [3.63, 3.8) is 0 Å². The third-order valence-corrected chi connectivity index (χ3v) is 6.01. The van der Waals surface area contributed by atoms with E-state index in [1.165, 1.54) is 11.6 Å². The van der Waals surface area contributed by atoms with Crippen LogP contribution in [0.25, 0.3) is 0 Å². The number of rotatable bonds is 7. The number of amides is 1. The van der Waals surface area contributed by atoms with Gasteiger partial charge < -0.3 is 15.1 Å². The van der Waals surface area contributed by atoms with Crippen molar-refractivity contribution in [3.05, 3.63) is 56.8 Å². The van der Waals surface area contributed by atoms with E-state index >= 15 is 0 Å². The van der Waals surface area contributed by atoms with Gasteiger partial charge in [-0.2, -0.15) is 11.3 Å². The van der Waals surface area contributed by atoms with Gasteiger partial charge in [0.15, 0.2) is 0 Å². The first-order valence-electron chi connectivity index (χ1n) is 9.42. The molecule has 1 aliphatic rings. The van der Waals surface area contributed by atoms with Gasteiger partial charge in [-0.3, -0.25) is 14.9 Å². The van der Waals surface area contributed by atoms with Crippen LogP contribution in [0.5, 0.6) is 0 Å². The first kappa shape index (κ1) is 20.3. The lowest BCUT2D eigenvalue weighted by molar-refractivity contribution is -0.384. The van der Waals surface area contributed by atoms with Crippen LogP contribution in [0, 0.1) is 16.0 Å². The Bertz CT molecular complexity index is 802. The average molecular weight is 403 g/mol. The molecule has 0 radical (unpaired) electrons. The van der Waals surface area contributed by atoms with Gasteiger partial charge in [-0.25, -0.2) is 0 Å². The Morgan fingerprint density at radius 3 is 2.64 bits per heavy atom. The summed E-state index contributed by atoms with van der Waals surface area (Å²) < 4.78 is 0. The van der Waals surface area contributed by atoms with Gasteiger partial charge in [-0.15, -0.1) is 0 Å². The molecule has 1 aromatic heterocycles. The van der Waals surface area contributed by atoms with Gasteiger partial charge in [0, 0.05) is 31.6 Å². The van der Waals surface area contributed by atoms with Gasteiger partial charge in [0.2, 0.25) is 5.91 Å². The highest BCUT2D eigenvalue weighted by atomic mass is 32.1. The fourth-order valence-corrected chi connectivity index (χ4v) is 4.38. The van der Waals surface area contributed by atoms with Gasteiger partial charge in [-0.1, -0.05) is 12.1 Å². The summed E-state index contributed by atoms with van der Waals surface area (Å²) in [6.45, 7) is 1.86. The number of hydrogen-bond acceptors (Lipinski definition) is 6. The maximum absolute atomic E-state index is 12.7. The number of anilines is 1. The fourth-order valence-electron chi connectivity index (χ4n) is 3.67. The minimum absolute atomic E-state index is 0.0516. The summed E-state index contributed by atoms with van der Waals surface area (Å²) >= 11 is 1.66. The summed E-state index contributed by atoms with van der Waals surface area (Å²) in [6.07, 6.45) is 1.39. The molecule has 1 atom stereocenters. The van der Waals surface area contributed by atoms with E-state index < -0.39 is 0 Å². The zero-order chi connectivity index (χ0) is 20.1. The molecule has 3 rings (SSSR count). The number of nitrogens with one attached hydrogen (secondary N) is 1. The van der Waals surface area contributed by atoms with Crippen molar-refractivity contribution >= 4 is 28.6 Å². The van der Waals surface area contributed by atoms with E-state index in [0.717, 1.165) is 0 Å². The lowest BCUT2D eigenvalue weighted by atomic mass is 9.95. The molecule has 0 bridgehead atoms.